The molecule has 1 fully saturated rings. The average Bonchev–Trinajstić information content (AvgIpc) is 2.56. The van der Waals surface area contributed by atoms with Crippen molar-refractivity contribution in [2.75, 3.05) is 19.5 Å². The first kappa shape index (κ1) is 18.8. The van der Waals surface area contributed by atoms with Gasteiger partial charge in [0.1, 0.15) is 24.1 Å². The molecule has 1 saturated heterocycles. The summed E-state index contributed by atoms with van der Waals surface area (Å²) >= 11 is 1.16. The number of hydrogen-bond donors (Lipinski definition) is 2. The highest BCUT2D eigenvalue weighted by Crippen LogP contribution is 2.46. The van der Waals surface area contributed by atoms with Crippen LogP contribution in [0.2, 0.25) is 0 Å². The summed E-state index contributed by atoms with van der Waals surface area (Å²) in [5.74, 6) is -3.23. The summed E-state index contributed by atoms with van der Waals surface area (Å²) in [6, 6.07) is 1.66. The van der Waals surface area contributed by atoms with Crippen molar-refractivity contribution in [1.29, 1.82) is 5.26 Å². The van der Waals surface area contributed by atoms with Gasteiger partial charge in [-0.05, 0) is 0 Å². The number of β-lactam (4-membered cyclic amide) rings is 1. The number of methoxy groups -OCH3 is 1. The predicted molar refractivity (Wildman–Crippen MR) is 82.5 cm³/mol. The second-order valence-electron chi connectivity index (χ2n) is 5.20. The van der Waals surface area contributed by atoms with Crippen LogP contribution in [-0.2, 0) is 28.7 Å². The van der Waals surface area contributed by atoms with Gasteiger partial charge < -0.3 is 19.9 Å². The van der Waals surface area contributed by atoms with E-state index < -0.39 is 41.3 Å². The van der Waals surface area contributed by atoms with Crippen LogP contribution in [0.4, 0.5) is 0 Å². The maximum absolute atomic E-state index is 12.6. The number of carbonyl (C=O) groups is 4. The normalized spacial score (nSPS) is 24.8. The lowest BCUT2D eigenvalue weighted by Gasteiger charge is -2.55. The standard InChI is InChI=1S/C14H15N3O7S/c1-7(18)24-5-8-6-25-13-14(23-2,16-9(19)3-4-15)12(22)17(13)10(8)11(20)21/h13H,3,5-6H2,1-2H3,(H,16,19)(H,20,21)/t13-,14?/m1/s1. The molecule has 2 heterocycles. The molecule has 0 aliphatic carbocycles. The highest BCUT2D eigenvalue weighted by Gasteiger charge is 2.66. The zero-order chi connectivity index (χ0) is 18.8. The number of esters is 1. The Morgan fingerprint density at radius 1 is 1.52 bits per heavy atom. The number of ether oxygens (including phenoxy) is 2. The number of nitriles is 1. The van der Waals surface area contributed by atoms with Crippen molar-refractivity contribution in [3.8, 4) is 6.07 Å². The molecule has 2 amide bonds. The lowest BCUT2D eigenvalue weighted by atomic mass is 9.98. The minimum absolute atomic E-state index is 0.169. The van der Waals surface area contributed by atoms with Crippen LogP contribution in [0, 0.1) is 11.3 Å². The van der Waals surface area contributed by atoms with Gasteiger partial charge in [-0.3, -0.25) is 19.3 Å². The summed E-state index contributed by atoms with van der Waals surface area (Å²) in [6.07, 6.45) is -0.463. The predicted octanol–water partition coefficient (Wildman–Crippen LogP) is -0.824. The van der Waals surface area contributed by atoms with Gasteiger partial charge >= 0.3 is 11.9 Å². The van der Waals surface area contributed by atoms with E-state index in [-0.39, 0.29) is 23.6 Å². The number of nitrogens with one attached hydrogen (secondary N) is 1. The lowest BCUT2D eigenvalue weighted by molar-refractivity contribution is -0.192. The monoisotopic (exact) mass is 369 g/mol. The van der Waals surface area contributed by atoms with Crippen molar-refractivity contribution in [1.82, 2.24) is 10.2 Å². The van der Waals surface area contributed by atoms with Crippen LogP contribution in [0.15, 0.2) is 11.3 Å². The Bertz CT molecular complexity index is 714. The Morgan fingerprint density at radius 2 is 2.20 bits per heavy atom. The van der Waals surface area contributed by atoms with Crippen molar-refractivity contribution in [2.45, 2.75) is 24.4 Å². The minimum atomic E-state index is -1.73. The molecule has 0 saturated carbocycles. The van der Waals surface area contributed by atoms with Gasteiger partial charge in [0.2, 0.25) is 5.91 Å². The number of thioether (sulfide) groups is 1. The summed E-state index contributed by atoms with van der Waals surface area (Å²) in [7, 11) is 1.21. The molecule has 0 aromatic carbocycles. The Hall–Kier alpha value is -2.58. The van der Waals surface area contributed by atoms with Crippen molar-refractivity contribution in [3.63, 3.8) is 0 Å². The maximum Gasteiger partial charge on any atom is 0.352 e. The molecule has 2 N–H and O–H groups in total. The summed E-state index contributed by atoms with van der Waals surface area (Å²) in [5, 5.41) is 19.6. The lowest BCUT2D eigenvalue weighted by Crippen LogP contribution is -2.80. The maximum atomic E-state index is 12.6. The van der Waals surface area contributed by atoms with E-state index in [0.717, 1.165) is 16.7 Å². The van der Waals surface area contributed by atoms with Gasteiger partial charge in [-0.1, -0.05) is 0 Å². The third-order valence-electron chi connectivity index (χ3n) is 3.65. The second kappa shape index (κ2) is 7.12. The van der Waals surface area contributed by atoms with Crippen molar-refractivity contribution >= 4 is 35.5 Å². The molecule has 0 aromatic rings. The third kappa shape index (κ3) is 3.18. The molecule has 11 heteroatoms. The Labute approximate surface area is 146 Å². The van der Waals surface area contributed by atoms with Crippen LogP contribution in [0.3, 0.4) is 0 Å². The van der Waals surface area contributed by atoms with E-state index >= 15 is 0 Å². The fourth-order valence-electron chi connectivity index (χ4n) is 2.57. The molecular weight excluding hydrogens is 354 g/mol. The number of fused-ring (bicyclic) bond motifs is 1. The van der Waals surface area contributed by atoms with Crippen LogP contribution in [0.1, 0.15) is 13.3 Å². The molecule has 10 nitrogen and oxygen atoms in total. The zero-order valence-electron chi connectivity index (χ0n) is 13.4. The van der Waals surface area contributed by atoms with E-state index in [0.29, 0.717) is 0 Å². The molecule has 0 radical (unpaired) electrons. The van der Waals surface area contributed by atoms with Gasteiger partial charge in [-0.25, -0.2) is 4.79 Å². The van der Waals surface area contributed by atoms with E-state index in [4.69, 9.17) is 14.7 Å². The fourth-order valence-corrected chi connectivity index (χ4v) is 3.99. The van der Waals surface area contributed by atoms with E-state index in [9.17, 15) is 24.3 Å². The smallest absolute Gasteiger partial charge is 0.352 e. The fraction of sp³-hybridized carbons (Fsp3) is 0.500. The Balaban J connectivity index is 2.31. The zero-order valence-corrected chi connectivity index (χ0v) is 14.2. The summed E-state index contributed by atoms with van der Waals surface area (Å²) in [6.45, 7) is 0.941. The first-order valence-corrected chi connectivity index (χ1v) is 8.10. The molecule has 2 atom stereocenters. The summed E-state index contributed by atoms with van der Waals surface area (Å²) in [5.41, 5.74) is -1.76. The van der Waals surface area contributed by atoms with Gasteiger partial charge in [0.15, 0.2) is 0 Å². The molecule has 2 aliphatic rings. The SMILES string of the molecule is COC1(NC(=O)CC#N)C(=O)N2C(C(=O)O)=C(COC(C)=O)CS[C@@H]21. The number of amides is 2. The van der Waals surface area contributed by atoms with E-state index in [1.54, 1.807) is 6.07 Å². The van der Waals surface area contributed by atoms with Gasteiger partial charge in [-0.2, -0.15) is 5.26 Å². The molecule has 134 valence electrons. The van der Waals surface area contributed by atoms with Gasteiger partial charge in [0.05, 0.1) is 6.07 Å². The molecular formula is C14H15N3O7S. The summed E-state index contributed by atoms with van der Waals surface area (Å²) < 4.78 is 10.0. The number of carboxylic acids is 1. The highest BCUT2D eigenvalue weighted by atomic mass is 32.2. The largest absolute Gasteiger partial charge is 0.477 e. The first-order valence-electron chi connectivity index (χ1n) is 7.05. The number of carbonyl (C=O) groups excluding carboxylic acids is 3. The minimum Gasteiger partial charge on any atom is -0.477 e. The molecule has 25 heavy (non-hydrogen) atoms. The van der Waals surface area contributed by atoms with E-state index in [1.807, 2.05) is 0 Å². The molecule has 0 bridgehead atoms. The van der Waals surface area contributed by atoms with Crippen LogP contribution in [-0.4, -0.2) is 64.3 Å². The highest BCUT2D eigenvalue weighted by molar-refractivity contribution is 8.00. The van der Waals surface area contributed by atoms with Gasteiger partial charge in [0.25, 0.3) is 11.6 Å². The van der Waals surface area contributed by atoms with E-state index in [1.165, 1.54) is 14.0 Å². The molecule has 2 aliphatic heterocycles. The topological polar surface area (TPSA) is 146 Å². The van der Waals surface area contributed by atoms with Gasteiger partial charge in [-0.15, -0.1) is 11.8 Å². The summed E-state index contributed by atoms with van der Waals surface area (Å²) in [4.78, 5) is 47.8. The second-order valence-corrected chi connectivity index (χ2v) is 6.27. The number of nitrogens with zero attached hydrogens (tertiary/aromatic N) is 2. The number of rotatable bonds is 6. The third-order valence-corrected chi connectivity index (χ3v) is 5.02. The van der Waals surface area contributed by atoms with Crippen LogP contribution in [0.25, 0.3) is 0 Å². The van der Waals surface area contributed by atoms with Crippen LogP contribution >= 0.6 is 11.8 Å². The number of hydrogen-bond acceptors (Lipinski definition) is 8. The van der Waals surface area contributed by atoms with Crippen LogP contribution in [0.5, 0.6) is 0 Å². The molecule has 0 aromatic heterocycles. The molecule has 1 unspecified atom stereocenters. The van der Waals surface area contributed by atoms with Crippen molar-refractivity contribution < 1.29 is 33.8 Å². The van der Waals surface area contributed by atoms with Crippen LogP contribution < -0.4 is 5.32 Å². The Kier molecular flexibility index (Phi) is 5.34. The van der Waals surface area contributed by atoms with E-state index in [2.05, 4.69) is 5.32 Å². The van der Waals surface area contributed by atoms with Crippen molar-refractivity contribution in [3.05, 3.63) is 11.3 Å². The quantitative estimate of drug-likeness (QED) is 0.348. The molecule has 2 rings (SSSR count). The van der Waals surface area contributed by atoms with Crippen molar-refractivity contribution in [2.24, 2.45) is 0 Å². The number of carboxylic acid groups (broad SMARTS) is 1. The number of aliphatic carboxylic acids is 1. The van der Waals surface area contributed by atoms with Gasteiger partial charge in [0, 0.05) is 25.4 Å². The average molecular weight is 369 g/mol. The Morgan fingerprint density at radius 3 is 2.72 bits per heavy atom. The first-order chi connectivity index (χ1) is 11.8. The molecule has 0 spiro atoms.